The molecule has 1 fully saturated rings. The summed E-state index contributed by atoms with van der Waals surface area (Å²) >= 11 is 0. The maximum absolute atomic E-state index is 12.3. The molecule has 0 saturated heterocycles. The van der Waals surface area contributed by atoms with Crippen LogP contribution < -0.4 is 0 Å². The van der Waals surface area contributed by atoms with Crippen LogP contribution in [0.25, 0.3) is 0 Å². The highest BCUT2D eigenvalue weighted by Crippen LogP contribution is 2.36. The van der Waals surface area contributed by atoms with E-state index in [9.17, 15) is 4.79 Å². The molecule has 1 aliphatic rings. The van der Waals surface area contributed by atoms with Crippen LogP contribution in [0.2, 0.25) is 0 Å². The molecule has 1 unspecified atom stereocenters. The van der Waals surface area contributed by atoms with Crippen molar-refractivity contribution in [3.8, 4) is 0 Å². The van der Waals surface area contributed by atoms with E-state index in [1.807, 2.05) is 6.92 Å². The zero-order valence-corrected chi connectivity index (χ0v) is 12.0. The third kappa shape index (κ3) is 6.65. The Hall–Kier alpha value is -0.590. The molecule has 0 aromatic carbocycles. The standard InChI is InChI=1S/C16H28O/c1-12(2)10-14(9-8-13-6-7-13)15(17)11-16(3,4)5/h13-14H,1,6-11H2,2-5H3. The number of carbonyl (C=O) groups excluding carboxylic acids is 1. The SMILES string of the molecule is C=C(C)CC(CCC1CC1)C(=O)CC(C)(C)C. The second-order valence-corrected chi connectivity index (χ2v) is 7.08. The molecular formula is C16H28O. The van der Waals surface area contributed by atoms with Gasteiger partial charge in [0.2, 0.25) is 0 Å². The predicted molar refractivity (Wildman–Crippen MR) is 74.0 cm³/mol. The largest absolute Gasteiger partial charge is 0.299 e. The van der Waals surface area contributed by atoms with Gasteiger partial charge in [-0.15, -0.1) is 6.58 Å². The highest BCUT2D eigenvalue weighted by molar-refractivity contribution is 5.81. The van der Waals surface area contributed by atoms with Gasteiger partial charge in [-0.05, 0) is 37.5 Å². The van der Waals surface area contributed by atoms with Gasteiger partial charge < -0.3 is 0 Å². The molecule has 0 N–H and O–H groups in total. The Labute approximate surface area is 107 Å². The molecule has 0 bridgehead atoms. The average Bonchev–Trinajstić information content (AvgIpc) is 2.91. The molecule has 1 rings (SSSR count). The van der Waals surface area contributed by atoms with Crippen LogP contribution in [0.3, 0.4) is 0 Å². The number of ketones is 1. The van der Waals surface area contributed by atoms with E-state index < -0.39 is 0 Å². The summed E-state index contributed by atoms with van der Waals surface area (Å²) in [5, 5.41) is 0. The molecule has 0 heterocycles. The lowest BCUT2D eigenvalue weighted by molar-refractivity contribution is -0.124. The summed E-state index contributed by atoms with van der Waals surface area (Å²) in [4.78, 5) is 12.3. The lowest BCUT2D eigenvalue weighted by atomic mass is 9.82. The molecule has 1 nitrogen and oxygen atoms in total. The molecule has 98 valence electrons. The zero-order chi connectivity index (χ0) is 13.1. The molecule has 1 atom stereocenters. The summed E-state index contributed by atoms with van der Waals surface area (Å²) in [6.45, 7) is 12.4. The van der Waals surface area contributed by atoms with Crippen LogP contribution in [0.5, 0.6) is 0 Å². The molecule has 0 spiro atoms. The molecule has 0 aromatic heterocycles. The molecule has 0 amide bonds. The summed E-state index contributed by atoms with van der Waals surface area (Å²) in [5.41, 5.74) is 1.26. The van der Waals surface area contributed by atoms with Crippen LogP contribution in [0.15, 0.2) is 12.2 Å². The van der Waals surface area contributed by atoms with Crippen molar-refractivity contribution in [2.24, 2.45) is 17.3 Å². The summed E-state index contributed by atoms with van der Waals surface area (Å²) in [6.07, 6.45) is 6.68. The second-order valence-electron chi connectivity index (χ2n) is 7.08. The smallest absolute Gasteiger partial charge is 0.136 e. The summed E-state index contributed by atoms with van der Waals surface area (Å²) in [6, 6.07) is 0. The van der Waals surface area contributed by atoms with E-state index in [0.717, 1.165) is 24.3 Å². The Balaban J connectivity index is 2.47. The molecule has 17 heavy (non-hydrogen) atoms. The number of carbonyl (C=O) groups is 1. The third-order valence-electron chi connectivity index (χ3n) is 3.38. The van der Waals surface area contributed by atoms with E-state index in [1.165, 1.54) is 19.3 Å². The van der Waals surface area contributed by atoms with Gasteiger partial charge in [-0.2, -0.15) is 0 Å². The Morgan fingerprint density at radius 2 is 1.94 bits per heavy atom. The summed E-state index contributed by atoms with van der Waals surface area (Å²) < 4.78 is 0. The molecule has 1 saturated carbocycles. The first-order valence-corrected chi connectivity index (χ1v) is 6.95. The van der Waals surface area contributed by atoms with Crippen molar-refractivity contribution in [2.75, 3.05) is 0 Å². The number of Topliss-reactive ketones (excluding diaryl/α,β-unsaturated/α-hetero) is 1. The summed E-state index contributed by atoms with van der Waals surface area (Å²) in [7, 11) is 0. The minimum absolute atomic E-state index is 0.115. The van der Waals surface area contributed by atoms with Gasteiger partial charge in [0.25, 0.3) is 0 Å². The van der Waals surface area contributed by atoms with E-state index in [-0.39, 0.29) is 11.3 Å². The van der Waals surface area contributed by atoms with Crippen molar-refractivity contribution < 1.29 is 4.79 Å². The molecular weight excluding hydrogens is 208 g/mol. The topological polar surface area (TPSA) is 17.1 Å². The molecule has 0 aromatic rings. The second kappa shape index (κ2) is 5.84. The van der Waals surface area contributed by atoms with Gasteiger partial charge in [0.15, 0.2) is 0 Å². The minimum atomic E-state index is 0.115. The van der Waals surface area contributed by atoms with Crippen molar-refractivity contribution in [1.29, 1.82) is 0 Å². The van der Waals surface area contributed by atoms with Crippen molar-refractivity contribution in [1.82, 2.24) is 0 Å². The van der Waals surface area contributed by atoms with Gasteiger partial charge in [-0.25, -0.2) is 0 Å². The first-order valence-electron chi connectivity index (χ1n) is 6.95. The predicted octanol–water partition coefficient (Wildman–Crippen LogP) is 4.76. The van der Waals surface area contributed by atoms with Gasteiger partial charge in [0, 0.05) is 12.3 Å². The van der Waals surface area contributed by atoms with Crippen molar-refractivity contribution in [3.63, 3.8) is 0 Å². The van der Waals surface area contributed by atoms with E-state index in [1.54, 1.807) is 0 Å². The van der Waals surface area contributed by atoms with Crippen LogP contribution in [0.4, 0.5) is 0 Å². The van der Waals surface area contributed by atoms with Crippen molar-refractivity contribution in [2.45, 2.75) is 66.2 Å². The van der Waals surface area contributed by atoms with E-state index in [2.05, 4.69) is 27.4 Å². The Morgan fingerprint density at radius 3 is 2.35 bits per heavy atom. The number of rotatable bonds is 7. The fourth-order valence-corrected chi connectivity index (χ4v) is 2.31. The van der Waals surface area contributed by atoms with Crippen molar-refractivity contribution in [3.05, 3.63) is 12.2 Å². The fourth-order valence-electron chi connectivity index (χ4n) is 2.31. The van der Waals surface area contributed by atoms with E-state index >= 15 is 0 Å². The first-order chi connectivity index (χ1) is 7.78. The monoisotopic (exact) mass is 236 g/mol. The lowest BCUT2D eigenvalue weighted by Gasteiger charge is -2.22. The number of hydrogen-bond donors (Lipinski definition) is 0. The average molecular weight is 236 g/mol. The molecule has 1 heteroatoms. The Bertz CT molecular complexity index is 278. The maximum atomic E-state index is 12.3. The third-order valence-corrected chi connectivity index (χ3v) is 3.38. The van der Waals surface area contributed by atoms with Crippen LogP contribution in [-0.4, -0.2) is 5.78 Å². The van der Waals surface area contributed by atoms with Crippen molar-refractivity contribution >= 4 is 5.78 Å². The molecule has 1 aliphatic carbocycles. The fraction of sp³-hybridized carbons (Fsp3) is 0.812. The van der Waals surface area contributed by atoms with Gasteiger partial charge in [-0.3, -0.25) is 4.79 Å². The highest BCUT2D eigenvalue weighted by Gasteiger charge is 2.27. The normalized spacial score (nSPS) is 17.9. The number of hydrogen-bond acceptors (Lipinski definition) is 1. The van der Waals surface area contributed by atoms with Gasteiger partial charge in [-0.1, -0.05) is 39.2 Å². The van der Waals surface area contributed by atoms with Gasteiger partial charge >= 0.3 is 0 Å². The first kappa shape index (κ1) is 14.5. The maximum Gasteiger partial charge on any atom is 0.136 e. The van der Waals surface area contributed by atoms with Crippen LogP contribution in [-0.2, 0) is 4.79 Å². The highest BCUT2D eigenvalue weighted by atomic mass is 16.1. The van der Waals surface area contributed by atoms with E-state index in [4.69, 9.17) is 0 Å². The number of allylic oxidation sites excluding steroid dienone is 1. The Kier molecular flexibility index (Phi) is 4.97. The summed E-state index contributed by atoms with van der Waals surface area (Å²) in [5.74, 6) is 1.60. The lowest BCUT2D eigenvalue weighted by Crippen LogP contribution is -2.21. The van der Waals surface area contributed by atoms with Gasteiger partial charge in [0.05, 0.1) is 0 Å². The molecule has 0 radical (unpaired) electrons. The van der Waals surface area contributed by atoms with E-state index in [0.29, 0.717) is 12.2 Å². The van der Waals surface area contributed by atoms with Crippen LogP contribution >= 0.6 is 0 Å². The zero-order valence-electron chi connectivity index (χ0n) is 12.0. The quantitative estimate of drug-likeness (QED) is 0.582. The van der Waals surface area contributed by atoms with Gasteiger partial charge in [0.1, 0.15) is 5.78 Å². The molecule has 0 aliphatic heterocycles. The Morgan fingerprint density at radius 1 is 1.35 bits per heavy atom. The van der Waals surface area contributed by atoms with Crippen LogP contribution in [0, 0.1) is 17.3 Å². The minimum Gasteiger partial charge on any atom is -0.299 e. The van der Waals surface area contributed by atoms with Crippen LogP contribution in [0.1, 0.15) is 66.2 Å².